The molecular weight excluding hydrogens is 265 g/mol. The molecule has 0 aliphatic carbocycles. The van der Waals surface area contributed by atoms with Crippen molar-refractivity contribution in [1.29, 1.82) is 0 Å². The topological polar surface area (TPSA) is 12.5 Å². The van der Waals surface area contributed by atoms with E-state index in [-0.39, 0.29) is 11.9 Å². The Morgan fingerprint density at radius 2 is 1.95 bits per heavy atom. The first-order valence-corrected chi connectivity index (χ1v) is 7.44. The number of hydrogen-bond acceptors (Lipinski definition) is 2. The van der Waals surface area contributed by atoms with Crippen LogP contribution in [-0.4, -0.2) is 31.1 Å². The third-order valence-corrected chi connectivity index (χ3v) is 3.93. The molecule has 2 nitrogen and oxygen atoms in total. The van der Waals surface area contributed by atoms with Gasteiger partial charge >= 0.3 is 0 Å². The van der Waals surface area contributed by atoms with Crippen molar-refractivity contribution < 1.29 is 9.13 Å². The lowest BCUT2D eigenvalue weighted by Gasteiger charge is -2.33. The molecule has 0 radical (unpaired) electrons. The van der Waals surface area contributed by atoms with Gasteiger partial charge in [-0.15, -0.1) is 0 Å². The van der Waals surface area contributed by atoms with Crippen molar-refractivity contribution in [1.82, 2.24) is 4.90 Å². The van der Waals surface area contributed by atoms with Gasteiger partial charge in [0.1, 0.15) is 5.82 Å². The molecule has 3 heteroatoms. The smallest absolute Gasteiger partial charge is 0.123 e. The average Bonchev–Trinajstić information content (AvgIpc) is 2.54. The standard InChI is InChI=1S/C18H20FNO/c19-17-8-4-7-16(13-17)18-14-20(11-12-21-18)10-9-15-5-2-1-3-6-15/h1-8,13,18H,9-12,14H2/t18-/m0/s1. The second kappa shape index (κ2) is 6.83. The summed E-state index contributed by atoms with van der Waals surface area (Å²) in [5.74, 6) is -0.197. The van der Waals surface area contributed by atoms with Gasteiger partial charge in [-0.05, 0) is 29.7 Å². The molecule has 1 aliphatic heterocycles. The molecule has 1 fully saturated rings. The quantitative estimate of drug-likeness (QED) is 0.853. The Morgan fingerprint density at radius 3 is 2.76 bits per heavy atom. The zero-order valence-corrected chi connectivity index (χ0v) is 12.0. The van der Waals surface area contributed by atoms with E-state index >= 15 is 0 Å². The van der Waals surface area contributed by atoms with Crippen LogP contribution in [0, 0.1) is 5.82 Å². The molecule has 0 saturated carbocycles. The molecule has 21 heavy (non-hydrogen) atoms. The van der Waals surface area contributed by atoms with E-state index in [0.717, 1.165) is 31.6 Å². The molecule has 3 rings (SSSR count). The fraction of sp³-hybridized carbons (Fsp3) is 0.333. The number of benzene rings is 2. The van der Waals surface area contributed by atoms with Crippen molar-refractivity contribution in [3.05, 3.63) is 71.5 Å². The van der Waals surface area contributed by atoms with Crippen molar-refractivity contribution in [2.24, 2.45) is 0 Å². The first kappa shape index (κ1) is 14.2. The van der Waals surface area contributed by atoms with E-state index in [1.54, 1.807) is 12.1 Å². The van der Waals surface area contributed by atoms with Crippen molar-refractivity contribution in [3.63, 3.8) is 0 Å². The molecule has 2 aromatic carbocycles. The number of hydrogen-bond donors (Lipinski definition) is 0. The minimum absolute atomic E-state index is 0.0229. The molecule has 1 saturated heterocycles. The van der Waals surface area contributed by atoms with E-state index in [1.165, 1.54) is 11.6 Å². The Labute approximate surface area is 125 Å². The Kier molecular flexibility index (Phi) is 4.63. The molecule has 0 bridgehead atoms. The summed E-state index contributed by atoms with van der Waals surface area (Å²) >= 11 is 0. The van der Waals surface area contributed by atoms with Crippen LogP contribution in [0.1, 0.15) is 17.2 Å². The maximum atomic E-state index is 13.3. The molecular formula is C18H20FNO. The van der Waals surface area contributed by atoms with Gasteiger partial charge in [-0.3, -0.25) is 4.90 Å². The lowest BCUT2D eigenvalue weighted by Crippen LogP contribution is -2.39. The van der Waals surface area contributed by atoms with Gasteiger partial charge < -0.3 is 4.74 Å². The van der Waals surface area contributed by atoms with E-state index in [2.05, 4.69) is 29.2 Å². The van der Waals surface area contributed by atoms with Crippen LogP contribution in [0.25, 0.3) is 0 Å². The molecule has 1 heterocycles. The van der Waals surface area contributed by atoms with Crippen LogP contribution >= 0.6 is 0 Å². The SMILES string of the molecule is Fc1cccc([C@@H]2CN(CCc3ccccc3)CCO2)c1. The van der Waals surface area contributed by atoms with Gasteiger partial charge in [-0.1, -0.05) is 42.5 Å². The first-order chi connectivity index (χ1) is 10.3. The average molecular weight is 285 g/mol. The Balaban J connectivity index is 1.58. The van der Waals surface area contributed by atoms with E-state index in [0.29, 0.717) is 6.61 Å². The predicted octanol–water partition coefficient (Wildman–Crippen LogP) is 3.44. The number of ether oxygens (including phenoxy) is 1. The van der Waals surface area contributed by atoms with Crippen LogP contribution in [0.3, 0.4) is 0 Å². The highest BCUT2D eigenvalue weighted by molar-refractivity contribution is 5.20. The number of morpholine rings is 1. The van der Waals surface area contributed by atoms with Gasteiger partial charge in [-0.25, -0.2) is 4.39 Å². The van der Waals surface area contributed by atoms with Gasteiger partial charge in [0.25, 0.3) is 0 Å². The van der Waals surface area contributed by atoms with Crippen molar-refractivity contribution in [2.45, 2.75) is 12.5 Å². The summed E-state index contributed by atoms with van der Waals surface area (Å²) in [6.45, 7) is 3.49. The Hall–Kier alpha value is -1.71. The zero-order valence-electron chi connectivity index (χ0n) is 12.0. The molecule has 2 aromatic rings. The summed E-state index contributed by atoms with van der Waals surface area (Å²) in [6.07, 6.45) is 1.02. The molecule has 0 spiro atoms. The number of halogens is 1. The molecule has 1 aliphatic rings. The second-order valence-corrected chi connectivity index (χ2v) is 5.45. The highest BCUT2D eigenvalue weighted by Gasteiger charge is 2.21. The largest absolute Gasteiger partial charge is 0.371 e. The lowest BCUT2D eigenvalue weighted by molar-refractivity contribution is -0.0296. The second-order valence-electron chi connectivity index (χ2n) is 5.45. The molecule has 0 aromatic heterocycles. The summed E-state index contributed by atoms with van der Waals surface area (Å²) < 4.78 is 19.1. The summed E-state index contributed by atoms with van der Waals surface area (Å²) in [7, 11) is 0. The molecule has 0 unspecified atom stereocenters. The van der Waals surface area contributed by atoms with Gasteiger partial charge in [0.15, 0.2) is 0 Å². The van der Waals surface area contributed by atoms with E-state index in [4.69, 9.17) is 4.74 Å². The van der Waals surface area contributed by atoms with Crippen LogP contribution in [0.2, 0.25) is 0 Å². The van der Waals surface area contributed by atoms with Gasteiger partial charge in [0, 0.05) is 19.6 Å². The summed E-state index contributed by atoms with van der Waals surface area (Å²) in [6, 6.07) is 17.2. The Morgan fingerprint density at radius 1 is 1.10 bits per heavy atom. The molecule has 1 atom stereocenters. The van der Waals surface area contributed by atoms with E-state index in [1.807, 2.05) is 12.1 Å². The molecule has 0 amide bonds. The fourth-order valence-electron chi connectivity index (χ4n) is 2.75. The highest BCUT2D eigenvalue weighted by atomic mass is 19.1. The van der Waals surface area contributed by atoms with Crippen LogP contribution in [-0.2, 0) is 11.2 Å². The van der Waals surface area contributed by atoms with Crippen LogP contribution in [0.4, 0.5) is 4.39 Å². The van der Waals surface area contributed by atoms with Crippen molar-refractivity contribution in [2.75, 3.05) is 26.2 Å². The minimum Gasteiger partial charge on any atom is -0.371 e. The predicted molar refractivity (Wildman–Crippen MR) is 81.7 cm³/mol. The highest BCUT2D eigenvalue weighted by Crippen LogP contribution is 2.22. The molecule has 0 N–H and O–H groups in total. The van der Waals surface area contributed by atoms with Crippen LogP contribution in [0.5, 0.6) is 0 Å². The minimum atomic E-state index is -0.197. The summed E-state index contributed by atoms with van der Waals surface area (Å²) in [4.78, 5) is 2.39. The van der Waals surface area contributed by atoms with E-state index in [9.17, 15) is 4.39 Å². The zero-order chi connectivity index (χ0) is 14.5. The first-order valence-electron chi connectivity index (χ1n) is 7.44. The number of rotatable bonds is 4. The van der Waals surface area contributed by atoms with Crippen molar-refractivity contribution >= 4 is 0 Å². The van der Waals surface area contributed by atoms with Crippen LogP contribution in [0.15, 0.2) is 54.6 Å². The van der Waals surface area contributed by atoms with Crippen LogP contribution < -0.4 is 0 Å². The maximum absolute atomic E-state index is 13.3. The van der Waals surface area contributed by atoms with E-state index < -0.39 is 0 Å². The summed E-state index contributed by atoms with van der Waals surface area (Å²) in [5, 5.41) is 0. The summed E-state index contributed by atoms with van der Waals surface area (Å²) in [5.41, 5.74) is 2.28. The normalized spacial score (nSPS) is 19.6. The van der Waals surface area contributed by atoms with Gasteiger partial charge in [-0.2, -0.15) is 0 Å². The lowest BCUT2D eigenvalue weighted by atomic mass is 10.1. The van der Waals surface area contributed by atoms with Gasteiger partial charge in [0.2, 0.25) is 0 Å². The van der Waals surface area contributed by atoms with Crippen molar-refractivity contribution in [3.8, 4) is 0 Å². The third kappa shape index (κ3) is 3.90. The Bertz CT molecular complexity index is 572. The maximum Gasteiger partial charge on any atom is 0.123 e. The molecule has 110 valence electrons. The fourth-order valence-corrected chi connectivity index (χ4v) is 2.75. The third-order valence-electron chi connectivity index (χ3n) is 3.93. The monoisotopic (exact) mass is 285 g/mol. The number of nitrogens with zero attached hydrogens (tertiary/aromatic N) is 1. The van der Waals surface area contributed by atoms with Gasteiger partial charge in [0.05, 0.1) is 12.7 Å².